The van der Waals surface area contributed by atoms with E-state index < -0.39 is 0 Å². The van der Waals surface area contributed by atoms with E-state index in [0.29, 0.717) is 19.0 Å². The second-order valence-corrected chi connectivity index (χ2v) is 5.12. The van der Waals surface area contributed by atoms with Crippen LogP contribution in [0.4, 0.5) is 0 Å². The first kappa shape index (κ1) is 14.0. The van der Waals surface area contributed by atoms with E-state index in [2.05, 4.69) is 25.9 Å². The Morgan fingerprint density at radius 1 is 1.26 bits per heavy atom. The third kappa shape index (κ3) is 3.75. The number of aryl methyl sites for hydroxylation is 1. The normalized spacial score (nSPS) is 10.5. The minimum absolute atomic E-state index is 0.362. The number of halogens is 1. The number of aromatic nitrogens is 2. The molecule has 5 heteroatoms. The maximum Gasteiger partial charge on any atom is 0.166 e. The standard InChI is InChI=1S/C14H16BrN3O/c1-10-7-12(15)8-11(3-4-16)14(10)19-9-13-17-5-2-6-18-13/h2,5-8H,3-4,9,16H2,1H3. The van der Waals surface area contributed by atoms with Gasteiger partial charge < -0.3 is 10.5 Å². The highest BCUT2D eigenvalue weighted by molar-refractivity contribution is 9.10. The maximum absolute atomic E-state index is 5.86. The minimum Gasteiger partial charge on any atom is -0.485 e. The highest BCUT2D eigenvalue weighted by atomic mass is 79.9. The molecule has 2 aromatic rings. The molecular weight excluding hydrogens is 306 g/mol. The largest absolute Gasteiger partial charge is 0.485 e. The van der Waals surface area contributed by atoms with Crippen LogP contribution in [0.25, 0.3) is 0 Å². The van der Waals surface area contributed by atoms with Crippen LogP contribution in [-0.4, -0.2) is 16.5 Å². The van der Waals surface area contributed by atoms with Gasteiger partial charge in [0.2, 0.25) is 0 Å². The first-order valence-corrected chi connectivity index (χ1v) is 6.88. The fourth-order valence-corrected chi connectivity index (χ4v) is 2.51. The molecule has 0 saturated carbocycles. The Kier molecular flexibility index (Phi) is 4.87. The van der Waals surface area contributed by atoms with Gasteiger partial charge in [0.1, 0.15) is 12.4 Å². The van der Waals surface area contributed by atoms with Gasteiger partial charge in [-0.1, -0.05) is 15.9 Å². The van der Waals surface area contributed by atoms with Gasteiger partial charge in [0.05, 0.1) is 0 Å². The zero-order valence-corrected chi connectivity index (χ0v) is 12.4. The number of ether oxygens (including phenoxy) is 1. The molecule has 4 nitrogen and oxygen atoms in total. The van der Waals surface area contributed by atoms with Crippen LogP contribution >= 0.6 is 15.9 Å². The van der Waals surface area contributed by atoms with Gasteiger partial charge in [-0.2, -0.15) is 0 Å². The molecule has 1 aromatic heterocycles. The number of nitrogens with zero attached hydrogens (tertiary/aromatic N) is 2. The van der Waals surface area contributed by atoms with Gasteiger partial charge in [-0.15, -0.1) is 0 Å². The minimum atomic E-state index is 0.362. The molecule has 0 aliphatic carbocycles. The highest BCUT2D eigenvalue weighted by Crippen LogP contribution is 2.28. The zero-order chi connectivity index (χ0) is 13.7. The molecule has 2 rings (SSSR count). The van der Waals surface area contributed by atoms with E-state index in [-0.39, 0.29) is 0 Å². The molecule has 1 aromatic carbocycles. The molecule has 0 radical (unpaired) electrons. The average Bonchev–Trinajstić information content (AvgIpc) is 2.39. The number of nitrogens with two attached hydrogens (primary N) is 1. The molecule has 0 spiro atoms. The summed E-state index contributed by atoms with van der Waals surface area (Å²) in [6.45, 7) is 2.97. The van der Waals surface area contributed by atoms with Crippen molar-refractivity contribution < 1.29 is 4.74 Å². The van der Waals surface area contributed by atoms with Crippen molar-refractivity contribution in [2.75, 3.05) is 6.54 Å². The van der Waals surface area contributed by atoms with Crippen LogP contribution in [0.15, 0.2) is 35.1 Å². The van der Waals surface area contributed by atoms with Gasteiger partial charge in [-0.05, 0) is 49.2 Å². The van der Waals surface area contributed by atoms with E-state index >= 15 is 0 Å². The van der Waals surface area contributed by atoms with Gasteiger partial charge in [0.15, 0.2) is 5.82 Å². The van der Waals surface area contributed by atoms with Crippen LogP contribution in [0.5, 0.6) is 5.75 Å². The van der Waals surface area contributed by atoms with E-state index in [1.165, 1.54) is 0 Å². The lowest BCUT2D eigenvalue weighted by Crippen LogP contribution is -2.08. The topological polar surface area (TPSA) is 61.0 Å². The van der Waals surface area contributed by atoms with Gasteiger partial charge in [-0.3, -0.25) is 0 Å². The van der Waals surface area contributed by atoms with Crippen LogP contribution < -0.4 is 10.5 Å². The predicted octanol–water partition coefficient (Wildman–Crippen LogP) is 2.63. The van der Waals surface area contributed by atoms with Crippen molar-refractivity contribution in [3.05, 3.63) is 52.0 Å². The summed E-state index contributed by atoms with van der Waals surface area (Å²) in [4.78, 5) is 8.29. The third-order valence-corrected chi connectivity index (χ3v) is 3.15. The van der Waals surface area contributed by atoms with Crippen LogP contribution in [-0.2, 0) is 13.0 Å². The lowest BCUT2D eigenvalue weighted by Gasteiger charge is -2.14. The first-order valence-electron chi connectivity index (χ1n) is 6.08. The molecule has 0 fully saturated rings. The van der Waals surface area contributed by atoms with Gasteiger partial charge in [0.25, 0.3) is 0 Å². The molecule has 0 aliphatic heterocycles. The summed E-state index contributed by atoms with van der Waals surface area (Å²) in [7, 11) is 0. The van der Waals surface area contributed by atoms with Crippen molar-refractivity contribution in [3.8, 4) is 5.75 Å². The summed E-state index contributed by atoms with van der Waals surface area (Å²) in [6, 6.07) is 5.86. The predicted molar refractivity (Wildman–Crippen MR) is 78.0 cm³/mol. The SMILES string of the molecule is Cc1cc(Br)cc(CCN)c1OCc1ncccn1. The summed E-state index contributed by atoms with van der Waals surface area (Å²) in [5.74, 6) is 1.55. The Balaban J connectivity index is 2.19. The number of hydrogen-bond donors (Lipinski definition) is 1. The van der Waals surface area contributed by atoms with Crippen LogP contribution in [0.1, 0.15) is 17.0 Å². The fourth-order valence-electron chi connectivity index (χ4n) is 1.89. The van der Waals surface area contributed by atoms with Gasteiger partial charge >= 0.3 is 0 Å². The average molecular weight is 322 g/mol. The summed E-state index contributed by atoms with van der Waals surface area (Å²) in [6.07, 6.45) is 4.20. The Morgan fingerprint density at radius 2 is 2.00 bits per heavy atom. The van der Waals surface area contributed by atoms with Crippen molar-refractivity contribution in [1.29, 1.82) is 0 Å². The van der Waals surface area contributed by atoms with Crippen molar-refractivity contribution in [2.45, 2.75) is 20.0 Å². The maximum atomic E-state index is 5.86. The summed E-state index contributed by atoms with van der Waals surface area (Å²) in [5.41, 5.74) is 7.82. The molecule has 1 heterocycles. The Hall–Kier alpha value is -1.46. The van der Waals surface area contributed by atoms with Crippen LogP contribution in [0.3, 0.4) is 0 Å². The summed E-state index contributed by atoms with van der Waals surface area (Å²) in [5, 5.41) is 0. The fraction of sp³-hybridized carbons (Fsp3) is 0.286. The molecule has 100 valence electrons. The molecule has 0 bridgehead atoms. The second-order valence-electron chi connectivity index (χ2n) is 4.20. The molecule has 0 amide bonds. The smallest absolute Gasteiger partial charge is 0.166 e. The zero-order valence-electron chi connectivity index (χ0n) is 10.8. The van der Waals surface area contributed by atoms with E-state index in [1.54, 1.807) is 18.5 Å². The second kappa shape index (κ2) is 6.63. The van der Waals surface area contributed by atoms with Gasteiger partial charge in [0, 0.05) is 16.9 Å². The third-order valence-electron chi connectivity index (χ3n) is 2.69. The highest BCUT2D eigenvalue weighted by Gasteiger charge is 2.09. The first-order chi connectivity index (χ1) is 9.20. The summed E-state index contributed by atoms with van der Waals surface area (Å²) < 4.78 is 6.90. The van der Waals surface area contributed by atoms with Crippen molar-refractivity contribution in [2.24, 2.45) is 5.73 Å². The monoisotopic (exact) mass is 321 g/mol. The van der Waals surface area contributed by atoms with E-state index in [1.807, 2.05) is 19.1 Å². The molecule has 0 saturated heterocycles. The lowest BCUT2D eigenvalue weighted by atomic mass is 10.1. The molecule has 0 unspecified atom stereocenters. The van der Waals surface area contributed by atoms with E-state index in [9.17, 15) is 0 Å². The van der Waals surface area contributed by atoms with Crippen LogP contribution in [0.2, 0.25) is 0 Å². The van der Waals surface area contributed by atoms with Crippen LogP contribution in [0, 0.1) is 6.92 Å². The lowest BCUT2D eigenvalue weighted by molar-refractivity contribution is 0.290. The Morgan fingerprint density at radius 3 is 2.68 bits per heavy atom. The quantitative estimate of drug-likeness (QED) is 0.919. The molecular formula is C14H16BrN3O. The number of benzene rings is 1. The number of hydrogen-bond acceptors (Lipinski definition) is 4. The summed E-state index contributed by atoms with van der Waals surface area (Å²) >= 11 is 3.49. The Bertz CT molecular complexity index is 546. The Labute approximate surface area is 121 Å². The molecule has 2 N–H and O–H groups in total. The van der Waals surface area contributed by atoms with Crippen molar-refractivity contribution in [3.63, 3.8) is 0 Å². The molecule has 0 atom stereocenters. The van der Waals surface area contributed by atoms with Crippen molar-refractivity contribution >= 4 is 15.9 Å². The van der Waals surface area contributed by atoms with Crippen molar-refractivity contribution in [1.82, 2.24) is 9.97 Å². The number of rotatable bonds is 5. The van der Waals surface area contributed by atoms with E-state index in [4.69, 9.17) is 10.5 Å². The molecule has 0 aliphatic rings. The molecule has 19 heavy (non-hydrogen) atoms. The van der Waals surface area contributed by atoms with Gasteiger partial charge in [-0.25, -0.2) is 9.97 Å². The van der Waals surface area contributed by atoms with E-state index in [0.717, 1.165) is 27.8 Å².